The van der Waals surface area contributed by atoms with Gasteiger partial charge in [0, 0.05) is 24.3 Å². The number of primary amides is 1. The number of rotatable bonds is 9. The van der Waals surface area contributed by atoms with Gasteiger partial charge >= 0.3 is 5.97 Å². The van der Waals surface area contributed by atoms with Crippen molar-refractivity contribution in [1.29, 1.82) is 0 Å². The Balaban J connectivity index is 1.50. The number of carbonyl (C=O) groups excluding carboxylic acids is 3. The number of likely N-dealkylation sites (tertiary alicyclic amines) is 1. The summed E-state index contributed by atoms with van der Waals surface area (Å²) in [6.07, 6.45) is 4.40. The van der Waals surface area contributed by atoms with Crippen LogP contribution < -0.4 is 16.4 Å². The summed E-state index contributed by atoms with van der Waals surface area (Å²) in [4.78, 5) is 47.3. The van der Waals surface area contributed by atoms with Crippen LogP contribution in [0.5, 0.6) is 0 Å². The molecule has 196 valence electrons. The molecule has 10 nitrogen and oxygen atoms in total. The lowest BCUT2D eigenvalue weighted by atomic mass is 9.97. The molecule has 1 aliphatic rings. The minimum Gasteiger partial charge on any atom is -0.457 e. The number of carbonyl (C=O) groups is 3. The molecule has 3 aromatic rings. The van der Waals surface area contributed by atoms with Crippen LogP contribution >= 0.6 is 0 Å². The zero-order valence-electron chi connectivity index (χ0n) is 21.1. The molecule has 1 aromatic heterocycles. The van der Waals surface area contributed by atoms with E-state index in [1.165, 1.54) is 12.3 Å². The number of nitrogens with two attached hydrogens (primary N) is 1. The zero-order chi connectivity index (χ0) is 27.1. The highest BCUT2D eigenvalue weighted by molar-refractivity contribution is 5.97. The first kappa shape index (κ1) is 26.3. The smallest absolute Gasteiger partial charge is 0.338 e. The fourth-order valence-corrected chi connectivity index (χ4v) is 4.35. The molecule has 0 spiro atoms. The number of hydrogen-bond acceptors (Lipinski definition) is 8. The average Bonchev–Trinajstić information content (AvgIpc) is 2.93. The number of anilines is 3. The SMILES string of the molecule is C=CC(=O)N1CCC[C@@H](Nc2cnc(C(N)=O)c(Nc3cccc(C(=O)OCc4ccccc4)c3)n2)[C@H]1C. The van der Waals surface area contributed by atoms with Crippen molar-refractivity contribution in [3.8, 4) is 0 Å². The Hall–Kier alpha value is -4.73. The molecule has 0 aliphatic carbocycles. The topological polar surface area (TPSA) is 140 Å². The van der Waals surface area contributed by atoms with Crippen LogP contribution in [0.4, 0.5) is 17.3 Å². The van der Waals surface area contributed by atoms with Gasteiger partial charge in [-0.25, -0.2) is 14.8 Å². The maximum atomic E-state index is 12.6. The summed E-state index contributed by atoms with van der Waals surface area (Å²) in [6, 6.07) is 15.9. The van der Waals surface area contributed by atoms with E-state index in [2.05, 4.69) is 27.2 Å². The van der Waals surface area contributed by atoms with Gasteiger partial charge in [0.2, 0.25) is 5.91 Å². The van der Waals surface area contributed by atoms with Crippen molar-refractivity contribution in [3.05, 3.63) is 90.3 Å². The van der Waals surface area contributed by atoms with E-state index in [0.717, 1.165) is 18.4 Å². The van der Waals surface area contributed by atoms with Gasteiger partial charge in [0.1, 0.15) is 12.4 Å². The van der Waals surface area contributed by atoms with E-state index in [9.17, 15) is 14.4 Å². The van der Waals surface area contributed by atoms with Crippen molar-refractivity contribution in [2.75, 3.05) is 17.2 Å². The Morgan fingerprint density at radius 3 is 2.71 bits per heavy atom. The number of esters is 1. The van der Waals surface area contributed by atoms with E-state index in [0.29, 0.717) is 23.6 Å². The molecule has 1 fully saturated rings. The number of ether oxygens (including phenoxy) is 1. The highest BCUT2D eigenvalue weighted by Gasteiger charge is 2.30. The summed E-state index contributed by atoms with van der Waals surface area (Å²) in [7, 11) is 0. The van der Waals surface area contributed by atoms with Gasteiger partial charge in [-0.05, 0) is 49.6 Å². The molecular formula is C28H30N6O4. The molecule has 2 heterocycles. The van der Waals surface area contributed by atoms with Crippen molar-refractivity contribution in [1.82, 2.24) is 14.9 Å². The summed E-state index contributed by atoms with van der Waals surface area (Å²) < 4.78 is 5.42. The van der Waals surface area contributed by atoms with E-state index in [1.807, 2.05) is 37.3 Å². The molecule has 38 heavy (non-hydrogen) atoms. The second kappa shape index (κ2) is 12.0. The van der Waals surface area contributed by atoms with Crippen LogP contribution in [0.2, 0.25) is 0 Å². The van der Waals surface area contributed by atoms with Crippen LogP contribution in [0, 0.1) is 0 Å². The maximum absolute atomic E-state index is 12.6. The lowest BCUT2D eigenvalue weighted by Crippen LogP contribution is -2.51. The monoisotopic (exact) mass is 514 g/mol. The molecule has 4 N–H and O–H groups in total. The van der Waals surface area contributed by atoms with Gasteiger partial charge in [-0.15, -0.1) is 0 Å². The largest absolute Gasteiger partial charge is 0.457 e. The van der Waals surface area contributed by atoms with E-state index in [-0.39, 0.29) is 36.1 Å². The Morgan fingerprint density at radius 2 is 1.97 bits per heavy atom. The molecule has 0 unspecified atom stereocenters. The third kappa shape index (κ3) is 6.33. The summed E-state index contributed by atoms with van der Waals surface area (Å²) in [5.74, 6) is -0.804. The van der Waals surface area contributed by atoms with Gasteiger partial charge < -0.3 is 26.0 Å². The lowest BCUT2D eigenvalue weighted by Gasteiger charge is -2.39. The standard InChI is InChI=1S/C28H30N6O4/c1-3-24(35)34-14-8-13-22(18(34)2)32-23-16-30-25(26(29)36)27(33-23)31-21-12-7-11-20(15-21)28(37)38-17-19-9-5-4-6-10-19/h3-7,9-12,15-16,18,22H,1,8,13-14,17H2,2H3,(H2,29,36)(H2,31,32,33)/t18-,22-/m1/s1. The van der Waals surface area contributed by atoms with E-state index < -0.39 is 11.9 Å². The van der Waals surface area contributed by atoms with Crippen LogP contribution in [-0.4, -0.2) is 51.3 Å². The summed E-state index contributed by atoms with van der Waals surface area (Å²) in [5, 5.41) is 6.37. The van der Waals surface area contributed by atoms with Crippen molar-refractivity contribution < 1.29 is 19.1 Å². The van der Waals surface area contributed by atoms with Crippen LogP contribution in [-0.2, 0) is 16.1 Å². The number of piperidine rings is 1. The van der Waals surface area contributed by atoms with Crippen molar-refractivity contribution >= 4 is 35.1 Å². The molecule has 2 atom stereocenters. The van der Waals surface area contributed by atoms with Crippen molar-refractivity contribution in [3.63, 3.8) is 0 Å². The molecule has 1 aliphatic heterocycles. The molecule has 0 saturated carbocycles. The zero-order valence-corrected chi connectivity index (χ0v) is 21.1. The predicted molar refractivity (Wildman–Crippen MR) is 144 cm³/mol. The van der Waals surface area contributed by atoms with E-state index in [4.69, 9.17) is 10.5 Å². The van der Waals surface area contributed by atoms with Gasteiger partial charge in [-0.1, -0.05) is 43.0 Å². The Bertz CT molecular complexity index is 1330. The highest BCUT2D eigenvalue weighted by atomic mass is 16.5. The van der Waals surface area contributed by atoms with E-state index >= 15 is 0 Å². The maximum Gasteiger partial charge on any atom is 0.338 e. The number of hydrogen-bond donors (Lipinski definition) is 3. The van der Waals surface area contributed by atoms with Crippen molar-refractivity contribution in [2.24, 2.45) is 5.73 Å². The molecule has 4 rings (SSSR count). The minimum atomic E-state index is -0.751. The number of amides is 2. The molecule has 2 amide bonds. The number of benzene rings is 2. The number of nitrogens with one attached hydrogen (secondary N) is 2. The van der Waals surface area contributed by atoms with Gasteiger partial charge in [-0.2, -0.15) is 0 Å². The normalized spacial score (nSPS) is 16.8. The minimum absolute atomic E-state index is 0.0484. The first-order valence-electron chi connectivity index (χ1n) is 12.3. The second-order valence-corrected chi connectivity index (χ2v) is 8.95. The Labute approximate surface area is 220 Å². The van der Waals surface area contributed by atoms with Gasteiger partial charge in [0.15, 0.2) is 11.5 Å². The average molecular weight is 515 g/mol. The summed E-state index contributed by atoms with van der Waals surface area (Å²) in [6.45, 7) is 6.36. The van der Waals surface area contributed by atoms with Crippen LogP contribution in [0.25, 0.3) is 0 Å². The van der Waals surface area contributed by atoms with Crippen LogP contribution in [0.15, 0.2) is 73.4 Å². The number of aromatic nitrogens is 2. The summed E-state index contributed by atoms with van der Waals surface area (Å²) >= 11 is 0. The van der Waals surface area contributed by atoms with Crippen LogP contribution in [0.3, 0.4) is 0 Å². The molecule has 2 aromatic carbocycles. The highest BCUT2D eigenvalue weighted by Crippen LogP contribution is 2.24. The van der Waals surface area contributed by atoms with Crippen LogP contribution in [0.1, 0.15) is 46.2 Å². The summed E-state index contributed by atoms with van der Waals surface area (Å²) in [5.41, 5.74) is 7.20. The fraction of sp³-hybridized carbons (Fsp3) is 0.250. The molecule has 0 bridgehead atoms. The van der Waals surface area contributed by atoms with Crippen molar-refractivity contribution in [2.45, 2.75) is 38.5 Å². The van der Waals surface area contributed by atoms with Gasteiger partial charge in [-0.3, -0.25) is 9.59 Å². The van der Waals surface area contributed by atoms with E-state index in [1.54, 1.807) is 29.2 Å². The van der Waals surface area contributed by atoms with Gasteiger partial charge in [0.25, 0.3) is 5.91 Å². The number of nitrogens with zero attached hydrogens (tertiary/aromatic N) is 3. The third-order valence-electron chi connectivity index (χ3n) is 6.36. The molecular weight excluding hydrogens is 484 g/mol. The quantitative estimate of drug-likeness (QED) is 0.290. The molecule has 1 saturated heterocycles. The second-order valence-electron chi connectivity index (χ2n) is 8.95. The first-order chi connectivity index (χ1) is 18.4. The Kier molecular flexibility index (Phi) is 8.32. The first-order valence-corrected chi connectivity index (χ1v) is 12.3. The Morgan fingerprint density at radius 1 is 1.18 bits per heavy atom. The predicted octanol–water partition coefficient (Wildman–Crippen LogP) is 3.65. The molecule has 0 radical (unpaired) electrons. The fourth-order valence-electron chi connectivity index (χ4n) is 4.35. The lowest BCUT2D eigenvalue weighted by molar-refractivity contribution is -0.129. The van der Waals surface area contributed by atoms with Gasteiger partial charge in [0.05, 0.1) is 11.8 Å². The third-order valence-corrected chi connectivity index (χ3v) is 6.36. The molecule has 10 heteroatoms.